The number of rotatable bonds is 44. The van der Waals surface area contributed by atoms with Crippen LogP contribution in [0.5, 0.6) is 0 Å². The number of carbonyl (C=O) groups excluding carboxylic acids is 2. The molecule has 0 spiro atoms. The summed E-state index contributed by atoms with van der Waals surface area (Å²) in [5.41, 5.74) is 0. The maximum absolute atomic E-state index is 13.0. The number of aliphatic hydroxyl groups is 1. The first kappa shape index (κ1) is 53.7. The Balaban J connectivity index is 4.46. The zero-order chi connectivity index (χ0) is 40.3. The van der Waals surface area contributed by atoms with E-state index in [1.807, 2.05) is 0 Å². The molecule has 0 rings (SSSR count). The van der Waals surface area contributed by atoms with Gasteiger partial charge in [-0.3, -0.25) is 4.79 Å². The van der Waals surface area contributed by atoms with Gasteiger partial charge in [-0.25, -0.2) is 4.79 Å². The molecule has 1 amide bonds. The predicted octanol–water partition coefficient (Wildman–Crippen LogP) is 14.2. The third kappa shape index (κ3) is 36.7. The first-order chi connectivity index (χ1) is 27.0. The lowest BCUT2D eigenvalue weighted by atomic mass is 9.89. The van der Waals surface area contributed by atoms with E-state index in [0.717, 1.165) is 70.1 Å². The molecule has 0 aromatic rings. The number of nitrogens with zero attached hydrogens (tertiary/aromatic N) is 1. The second kappa shape index (κ2) is 43.8. The Labute approximate surface area is 342 Å². The highest BCUT2D eigenvalue weighted by atomic mass is 16.6. The van der Waals surface area contributed by atoms with E-state index in [-0.39, 0.29) is 31.2 Å². The summed E-state index contributed by atoms with van der Waals surface area (Å²) < 4.78 is 17.0. The molecular weight excluding hydrogens is 687 g/mol. The maximum atomic E-state index is 13.0. The van der Waals surface area contributed by atoms with Crippen molar-refractivity contribution in [1.82, 2.24) is 4.90 Å². The highest BCUT2D eigenvalue weighted by Gasteiger charge is 2.19. The SMILES string of the molecule is CCCCCCCCC(CCCCCC)CCCCCCOC(=O)N(CCCCCCOC(=O)C(CCCCCC)CCCCCCCC)CCOCCO. The van der Waals surface area contributed by atoms with Gasteiger partial charge in [-0.05, 0) is 44.4 Å². The zero-order valence-corrected chi connectivity index (χ0v) is 37.4. The molecule has 0 aromatic carbocycles. The van der Waals surface area contributed by atoms with Crippen molar-refractivity contribution in [3.05, 3.63) is 0 Å². The van der Waals surface area contributed by atoms with E-state index in [1.165, 1.54) is 148 Å². The molecule has 0 aromatic heterocycles. The van der Waals surface area contributed by atoms with E-state index in [9.17, 15) is 9.59 Å². The molecule has 0 bridgehead atoms. The van der Waals surface area contributed by atoms with Gasteiger partial charge in [0.2, 0.25) is 0 Å². The number of unbranched alkanes of at least 4 members (excludes halogenated alkanes) is 22. The molecule has 0 heterocycles. The molecule has 0 saturated heterocycles. The zero-order valence-electron chi connectivity index (χ0n) is 37.4. The smallest absolute Gasteiger partial charge is 0.409 e. The van der Waals surface area contributed by atoms with Crippen molar-refractivity contribution in [2.75, 3.05) is 46.1 Å². The molecule has 2 unspecified atom stereocenters. The number of esters is 1. The Kier molecular flexibility index (Phi) is 42.7. The quantitative estimate of drug-likeness (QED) is 0.0489. The molecule has 0 radical (unpaired) electrons. The van der Waals surface area contributed by atoms with E-state index in [1.54, 1.807) is 4.90 Å². The molecule has 7 nitrogen and oxygen atoms in total. The number of aliphatic hydroxyl groups excluding tert-OH is 1. The molecule has 2 atom stereocenters. The molecule has 0 aliphatic rings. The molecule has 0 aliphatic heterocycles. The lowest BCUT2D eigenvalue weighted by molar-refractivity contribution is -0.149. The predicted molar refractivity (Wildman–Crippen MR) is 234 cm³/mol. The van der Waals surface area contributed by atoms with Crippen LogP contribution in [0, 0.1) is 11.8 Å². The average Bonchev–Trinajstić information content (AvgIpc) is 3.19. The van der Waals surface area contributed by atoms with E-state index >= 15 is 0 Å². The largest absolute Gasteiger partial charge is 0.465 e. The first-order valence-corrected chi connectivity index (χ1v) is 24.3. The molecular formula is C48H95NO6. The van der Waals surface area contributed by atoms with E-state index in [2.05, 4.69) is 27.7 Å². The summed E-state index contributed by atoms with van der Waals surface area (Å²) in [6.07, 6.45) is 40.0. The van der Waals surface area contributed by atoms with Crippen molar-refractivity contribution in [2.45, 2.75) is 240 Å². The maximum Gasteiger partial charge on any atom is 0.409 e. The number of hydrogen-bond donors (Lipinski definition) is 1. The molecule has 1 N–H and O–H groups in total. The Hall–Kier alpha value is -1.34. The van der Waals surface area contributed by atoms with Crippen molar-refractivity contribution in [2.24, 2.45) is 11.8 Å². The van der Waals surface area contributed by atoms with Crippen LogP contribution in [0.1, 0.15) is 240 Å². The van der Waals surface area contributed by atoms with E-state index in [4.69, 9.17) is 19.3 Å². The van der Waals surface area contributed by atoms with Crippen molar-refractivity contribution < 1.29 is 28.9 Å². The van der Waals surface area contributed by atoms with Crippen molar-refractivity contribution in [3.63, 3.8) is 0 Å². The van der Waals surface area contributed by atoms with Crippen LogP contribution in [0.4, 0.5) is 4.79 Å². The Morgan fingerprint density at radius 1 is 0.436 bits per heavy atom. The van der Waals surface area contributed by atoms with Gasteiger partial charge in [0.25, 0.3) is 0 Å². The Bertz CT molecular complexity index is 794. The molecule has 0 aliphatic carbocycles. The van der Waals surface area contributed by atoms with Gasteiger partial charge in [-0.2, -0.15) is 0 Å². The minimum absolute atomic E-state index is 0.00681. The average molecular weight is 782 g/mol. The number of hydrogen-bond acceptors (Lipinski definition) is 6. The van der Waals surface area contributed by atoms with Crippen LogP contribution in [0.2, 0.25) is 0 Å². The summed E-state index contributed by atoms with van der Waals surface area (Å²) in [5, 5.41) is 9.09. The Morgan fingerprint density at radius 2 is 0.836 bits per heavy atom. The van der Waals surface area contributed by atoms with Crippen LogP contribution in [-0.2, 0) is 19.0 Å². The van der Waals surface area contributed by atoms with Gasteiger partial charge in [0, 0.05) is 13.1 Å². The van der Waals surface area contributed by atoms with Crippen LogP contribution in [0.3, 0.4) is 0 Å². The van der Waals surface area contributed by atoms with Crippen LogP contribution < -0.4 is 0 Å². The third-order valence-corrected chi connectivity index (χ3v) is 11.4. The second-order valence-electron chi connectivity index (χ2n) is 16.6. The van der Waals surface area contributed by atoms with Crippen LogP contribution in [0.25, 0.3) is 0 Å². The van der Waals surface area contributed by atoms with Crippen LogP contribution >= 0.6 is 0 Å². The molecule has 55 heavy (non-hydrogen) atoms. The summed E-state index contributed by atoms with van der Waals surface area (Å²) in [7, 11) is 0. The Morgan fingerprint density at radius 3 is 1.33 bits per heavy atom. The minimum Gasteiger partial charge on any atom is -0.465 e. The fourth-order valence-electron chi connectivity index (χ4n) is 7.70. The lowest BCUT2D eigenvalue weighted by Crippen LogP contribution is -2.35. The standard InChI is InChI=1S/C48H95NO6/c1-5-9-13-17-19-26-34-45(33-25-15-11-7-3)35-27-21-23-32-42-55-48(52)49(39-43-53-44-40-50)38-30-22-24-31-41-54-47(51)46(36-28-16-12-8-4)37-29-20-18-14-10-6-2/h45-46,50H,5-44H2,1-4H3. The third-order valence-electron chi connectivity index (χ3n) is 11.4. The van der Waals surface area contributed by atoms with Gasteiger partial charge in [0.05, 0.1) is 39.0 Å². The molecule has 328 valence electrons. The van der Waals surface area contributed by atoms with Gasteiger partial charge in [-0.1, -0.05) is 201 Å². The highest BCUT2D eigenvalue weighted by molar-refractivity contribution is 5.72. The summed E-state index contributed by atoms with van der Waals surface area (Å²) in [6.45, 7) is 11.7. The highest BCUT2D eigenvalue weighted by Crippen LogP contribution is 2.25. The monoisotopic (exact) mass is 782 g/mol. The van der Waals surface area contributed by atoms with Crippen LogP contribution in [-0.4, -0.2) is 68.2 Å². The van der Waals surface area contributed by atoms with Gasteiger partial charge in [0.15, 0.2) is 0 Å². The van der Waals surface area contributed by atoms with Gasteiger partial charge >= 0.3 is 12.1 Å². The van der Waals surface area contributed by atoms with E-state index < -0.39 is 0 Å². The lowest BCUT2D eigenvalue weighted by Gasteiger charge is -2.22. The summed E-state index contributed by atoms with van der Waals surface area (Å²) >= 11 is 0. The molecule has 0 fully saturated rings. The second-order valence-corrected chi connectivity index (χ2v) is 16.6. The summed E-state index contributed by atoms with van der Waals surface area (Å²) in [6, 6.07) is 0. The van der Waals surface area contributed by atoms with Gasteiger partial charge in [0.1, 0.15) is 0 Å². The minimum atomic E-state index is -0.261. The number of amides is 1. The molecule has 0 saturated carbocycles. The van der Waals surface area contributed by atoms with Gasteiger partial charge in [-0.15, -0.1) is 0 Å². The normalized spacial score (nSPS) is 12.5. The van der Waals surface area contributed by atoms with Crippen LogP contribution in [0.15, 0.2) is 0 Å². The summed E-state index contributed by atoms with van der Waals surface area (Å²) in [4.78, 5) is 27.7. The fourth-order valence-corrected chi connectivity index (χ4v) is 7.70. The fraction of sp³-hybridized carbons (Fsp3) is 0.958. The van der Waals surface area contributed by atoms with E-state index in [0.29, 0.717) is 32.9 Å². The first-order valence-electron chi connectivity index (χ1n) is 24.3. The summed E-state index contributed by atoms with van der Waals surface area (Å²) in [5.74, 6) is 0.940. The topological polar surface area (TPSA) is 85.3 Å². The van der Waals surface area contributed by atoms with Crippen molar-refractivity contribution in [3.8, 4) is 0 Å². The number of carbonyl (C=O) groups is 2. The number of ether oxygens (including phenoxy) is 3. The van der Waals surface area contributed by atoms with Crippen molar-refractivity contribution >= 4 is 12.1 Å². The van der Waals surface area contributed by atoms with Crippen molar-refractivity contribution in [1.29, 1.82) is 0 Å². The van der Waals surface area contributed by atoms with Gasteiger partial charge < -0.3 is 24.2 Å². The molecule has 7 heteroatoms.